The number of aromatic nitrogens is 2. The molecule has 0 saturated heterocycles. The quantitative estimate of drug-likeness (QED) is 0.884. The number of aliphatic hydroxyl groups is 1. The molecule has 1 saturated carbocycles. The van der Waals surface area contributed by atoms with Gasteiger partial charge in [0.2, 0.25) is 0 Å². The number of aliphatic hydroxyl groups excluding tert-OH is 1. The Morgan fingerprint density at radius 3 is 2.78 bits per heavy atom. The Morgan fingerprint density at radius 2 is 2.13 bits per heavy atom. The van der Waals surface area contributed by atoms with Crippen molar-refractivity contribution in [3.8, 4) is 0 Å². The molecular formula is C17H23N3O3. The van der Waals surface area contributed by atoms with Crippen LogP contribution in [-0.2, 0) is 0 Å². The summed E-state index contributed by atoms with van der Waals surface area (Å²) in [6.07, 6.45) is 4.39. The number of imidazole rings is 1. The lowest BCUT2D eigenvalue weighted by atomic mass is 10.1. The fraction of sp³-hybridized carbons (Fsp3) is 0.529. The lowest BCUT2D eigenvalue weighted by Crippen LogP contribution is -2.33. The van der Waals surface area contributed by atoms with Gasteiger partial charge >= 0.3 is 5.69 Å². The first kappa shape index (κ1) is 15.8. The van der Waals surface area contributed by atoms with Crippen LogP contribution >= 0.6 is 0 Å². The van der Waals surface area contributed by atoms with Gasteiger partial charge in [0, 0.05) is 24.7 Å². The summed E-state index contributed by atoms with van der Waals surface area (Å²) in [5.74, 6) is -0.127. The Morgan fingerprint density at radius 1 is 1.39 bits per heavy atom. The van der Waals surface area contributed by atoms with Crippen LogP contribution in [0.25, 0.3) is 11.0 Å². The van der Waals surface area contributed by atoms with Gasteiger partial charge in [0.1, 0.15) is 0 Å². The van der Waals surface area contributed by atoms with Crippen molar-refractivity contribution < 1.29 is 9.90 Å². The Balaban J connectivity index is 1.97. The summed E-state index contributed by atoms with van der Waals surface area (Å²) in [5, 5.41) is 9.05. The molecule has 124 valence electrons. The second-order valence-electron chi connectivity index (χ2n) is 6.08. The molecule has 0 spiro atoms. The van der Waals surface area contributed by atoms with Gasteiger partial charge in [-0.1, -0.05) is 12.8 Å². The number of hydrogen-bond donors (Lipinski definition) is 2. The van der Waals surface area contributed by atoms with E-state index in [0.717, 1.165) is 31.2 Å². The maximum atomic E-state index is 12.5. The van der Waals surface area contributed by atoms with Gasteiger partial charge < -0.3 is 15.0 Å². The topological polar surface area (TPSA) is 78.3 Å². The first-order chi connectivity index (χ1) is 11.2. The average molecular weight is 317 g/mol. The predicted molar refractivity (Wildman–Crippen MR) is 88.7 cm³/mol. The second kappa shape index (κ2) is 6.58. The minimum Gasteiger partial charge on any atom is -0.395 e. The van der Waals surface area contributed by atoms with Crippen molar-refractivity contribution in [3.63, 3.8) is 0 Å². The number of amides is 1. The summed E-state index contributed by atoms with van der Waals surface area (Å²) in [6.45, 7) is 2.67. The van der Waals surface area contributed by atoms with Crippen molar-refractivity contribution in [2.45, 2.75) is 38.6 Å². The van der Waals surface area contributed by atoms with Gasteiger partial charge in [-0.05, 0) is 38.0 Å². The van der Waals surface area contributed by atoms with Crippen molar-refractivity contribution in [2.75, 3.05) is 19.7 Å². The minimum atomic E-state index is -0.127. The highest BCUT2D eigenvalue weighted by molar-refractivity contribution is 5.97. The predicted octanol–water partition coefficient (Wildman–Crippen LogP) is 1.90. The number of benzene rings is 1. The standard InChI is InChI=1S/C17H23N3O3/c1-2-19(9-10-21)16(22)12-7-8-15-14(11-12)18-17(23)20(15)13-5-3-4-6-13/h7-8,11,13,21H,2-6,9-10H2,1H3,(H,18,23). The van der Waals surface area contributed by atoms with E-state index in [1.165, 1.54) is 0 Å². The Kier molecular flexibility index (Phi) is 4.52. The molecule has 0 unspecified atom stereocenters. The molecule has 1 aromatic heterocycles. The van der Waals surface area contributed by atoms with Crippen LogP contribution in [0.3, 0.4) is 0 Å². The number of rotatable bonds is 5. The van der Waals surface area contributed by atoms with Crippen LogP contribution in [0.5, 0.6) is 0 Å². The molecule has 1 aromatic carbocycles. The number of aromatic amines is 1. The summed E-state index contributed by atoms with van der Waals surface area (Å²) in [6, 6.07) is 5.62. The summed E-state index contributed by atoms with van der Waals surface area (Å²) < 4.78 is 1.84. The van der Waals surface area contributed by atoms with Crippen LogP contribution in [0.1, 0.15) is 49.0 Å². The van der Waals surface area contributed by atoms with Crippen molar-refractivity contribution in [3.05, 3.63) is 34.2 Å². The molecule has 1 amide bonds. The molecule has 1 heterocycles. The van der Waals surface area contributed by atoms with Gasteiger partial charge in [0.25, 0.3) is 5.91 Å². The highest BCUT2D eigenvalue weighted by atomic mass is 16.3. The molecule has 3 rings (SSSR count). The van der Waals surface area contributed by atoms with E-state index in [1.807, 2.05) is 17.6 Å². The SMILES string of the molecule is CCN(CCO)C(=O)c1ccc2c(c1)[nH]c(=O)n2C1CCCC1. The third-order valence-electron chi connectivity index (χ3n) is 4.69. The van der Waals surface area contributed by atoms with Crippen molar-refractivity contribution >= 4 is 16.9 Å². The number of fused-ring (bicyclic) bond motifs is 1. The van der Waals surface area contributed by atoms with E-state index in [1.54, 1.807) is 17.0 Å². The van der Waals surface area contributed by atoms with Crippen LogP contribution in [0, 0.1) is 0 Å². The van der Waals surface area contributed by atoms with Crippen LogP contribution in [-0.4, -0.2) is 45.2 Å². The smallest absolute Gasteiger partial charge is 0.326 e. The first-order valence-corrected chi connectivity index (χ1v) is 8.30. The fourth-order valence-electron chi connectivity index (χ4n) is 3.50. The molecule has 2 aromatic rings. The lowest BCUT2D eigenvalue weighted by molar-refractivity contribution is 0.0732. The van der Waals surface area contributed by atoms with Crippen LogP contribution < -0.4 is 5.69 Å². The first-order valence-electron chi connectivity index (χ1n) is 8.30. The number of carbonyl (C=O) groups is 1. The maximum absolute atomic E-state index is 12.5. The number of carbonyl (C=O) groups excluding carboxylic acids is 1. The molecule has 0 bridgehead atoms. The molecular weight excluding hydrogens is 294 g/mol. The number of hydrogen-bond acceptors (Lipinski definition) is 3. The Labute approximate surface area is 134 Å². The maximum Gasteiger partial charge on any atom is 0.326 e. The molecule has 1 aliphatic carbocycles. The molecule has 0 atom stereocenters. The lowest BCUT2D eigenvalue weighted by Gasteiger charge is -2.19. The van der Waals surface area contributed by atoms with Crippen LogP contribution in [0.15, 0.2) is 23.0 Å². The normalized spacial score (nSPS) is 15.4. The Hall–Kier alpha value is -2.08. The zero-order chi connectivity index (χ0) is 16.4. The highest BCUT2D eigenvalue weighted by Gasteiger charge is 2.22. The zero-order valence-corrected chi connectivity index (χ0v) is 13.4. The van der Waals surface area contributed by atoms with Gasteiger partial charge in [-0.25, -0.2) is 4.79 Å². The number of likely N-dealkylation sites (N-methyl/N-ethyl adjacent to an activating group) is 1. The number of nitrogens with one attached hydrogen (secondary N) is 1. The molecule has 6 nitrogen and oxygen atoms in total. The molecule has 0 radical (unpaired) electrons. The molecule has 2 N–H and O–H groups in total. The van der Waals surface area contributed by atoms with E-state index >= 15 is 0 Å². The van der Waals surface area contributed by atoms with Gasteiger partial charge in [-0.15, -0.1) is 0 Å². The number of H-pyrrole nitrogens is 1. The van der Waals surface area contributed by atoms with Crippen molar-refractivity contribution in [1.29, 1.82) is 0 Å². The van der Waals surface area contributed by atoms with E-state index < -0.39 is 0 Å². The Bertz CT molecular complexity index is 756. The fourth-order valence-corrected chi connectivity index (χ4v) is 3.50. The van der Waals surface area contributed by atoms with Gasteiger partial charge in [0.15, 0.2) is 0 Å². The molecule has 1 aliphatic rings. The largest absolute Gasteiger partial charge is 0.395 e. The molecule has 0 aliphatic heterocycles. The van der Waals surface area contributed by atoms with Crippen molar-refractivity contribution in [1.82, 2.24) is 14.5 Å². The molecule has 6 heteroatoms. The van der Waals surface area contributed by atoms with Crippen molar-refractivity contribution in [2.24, 2.45) is 0 Å². The molecule has 23 heavy (non-hydrogen) atoms. The van der Waals surface area contributed by atoms with E-state index in [2.05, 4.69) is 4.98 Å². The summed E-state index contributed by atoms with van der Waals surface area (Å²) in [5.41, 5.74) is 2.00. The van der Waals surface area contributed by atoms with E-state index in [0.29, 0.717) is 24.2 Å². The van der Waals surface area contributed by atoms with E-state index in [4.69, 9.17) is 5.11 Å². The summed E-state index contributed by atoms with van der Waals surface area (Å²) >= 11 is 0. The summed E-state index contributed by atoms with van der Waals surface area (Å²) in [7, 11) is 0. The van der Waals surface area contributed by atoms with Crippen LogP contribution in [0.2, 0.25) is 0 Å². The molecule has 1 fully saturated rings. The highest BCUT2D eigenvalue weighted by Crippen LogP contribution is 2.30. The van der Waals surface area contributed by atoms with Gasteiger partial charge in [0.05, 0.1) is 17.6 Å². The van der Waals surface area contributed by atoms with Crippen LogP contribution in [0.4, 0.5) is 0 Å². The zero-order valence-electron chi connectivity index (χ0n) is 13.4. The van der Waals surface area contributed by atoms with Gasteiger partial charge in [-0.2, -0.15) is 0 Å². The second-order valence-corrected chi connectivity index (χ2v) is 6.08. The monoisotopic (exact) mass is 317 g/mol. The summed E-state index contributed by atoms with van der Waals surface area (Å²) in [4.78, 5) is 29.2. The third kappa shape index (κ3) is 2.91. The van der Waals surface area contributed by atoms with Gasteiger partial charge in [-0.3, -0.25) is 9.36 Å². The minimum absolute atomic E-state index is 0.0588. The van der Waals surface area contributed by atoms with E-state index in [-0.39, 0.29) is 24.2 Å². The average Bonchev–Trinajstić information content (AvgIpc) is 3.17. The van der Waals surface area contributed by atoms with E-state index in [9.17, 15) is 9.59 Å². The third-order valence-corrected chi connectivity index (χ3v) is 4.69. The number of nitrogens with zero attached hydrogens (tertiary/aromatic N) is 2.